The molecule has 10 aromatic heterocycles. The zero-order valence-electron chi connectivity index (χ0n) is 48.5. The molecular weight excluding hydrogens is 1560 g/mol. The maximum Gasteiger partial charge on any atom is 0.211 e. The fraction of sp³-hybridized carbons (Fsp3) is 0.169. The monoisotopic (exact) mass is 1620 g/mol. The first-order chi connectivity index (χ1) is 41.8. The molecule has 0 fully saturated rings. The Balaban J connectivity index is 0.000000203. The minimum Gasteiger partial charge on any atom is -0.400 e. The van der Waals surface area contributed by atoms with Gasteiger partial charge >= 0.3 is 0 Å². The largest absolute Gasteiger partial charge is 0.400 e. The van der Waals surface area contributed by atoms with Crippen LogP contribution < -0.4 is 0 Å². The van der Waals surface area contributed by atoms with Gasteiger partial charge in [0.25, 0.3) is 0 Å². The molecule has 14 rings (SSSR count). The number of nitrogens with zero attached hydrogens (tertiary/aromatic N) is 10. The molecule has 0 atom stereocenters. The Morgan fingerprint density at radius 2 is 0.851 bits per heavy atom. The van der Waals surface area contributed by atoms with Crippen molar-refractivity contribution in [1.82, 2.24) is 50.8 Å². The number of fused-ring (bicyclic) bond motifs is 6. The smallest absolute Gasteiger partial charge is 0.211 e. The summed E-state index contributed by atoms with van der Waals surface area (Å²) in [5.41, 5.74) is 7.09. The van der Waals surface area contributed by atoms with Gasteiger partial charge in [0.05, 0.1) is 15.4 Å². The molecule has 0 amide bonds. The Labute approximate surface area is 557 Å². The summed E-state index contributed by atoms with van der Waals surface area (Å²) < 4.78 is 5.26. The molecule has 0 aliphatic carbocycles. The van der Waals surface area contributed by atoms with E-state index in [9.17, 15) is 0 Å². The summed E-state index contributed by atoms with van der Waals surface area (Å²) in [6.07, 6.45) is 3.83. The third-order valence-corrected chi connectivity index (χ3v) is 17.7. The summed E-state index contributed by atoms with van der Waals surface area (Å²) in [6, 6.07) is 57.4. The van der Waals surface area contributed by atoms with Crippen LogP contribution in [-0.2, 0) is 40.2 Å². The molecule has 0 saturated carbocycles. The van der Waals surface area contributed by atoms with Gasteiger partial charge in [0.1, 0.15) is 11.6 Å². The minimum atomic E-state index is 0. The van der Waals surface area contributed by atoms with Crippen LogP contribution in [0.1, 0.15) is 57.6 Å². The molecule has 2 radical (unpaired) electrons. The maximum absolute atomic E-state index is 7.57. The fourth-order valence-corrected chi connectivity index (χ4v) is 13.0. The summed E-state index contributed by atoms with van der Waals surface area (Å²) in [7, 11) is 3.00. The first-order valence-corrected chi connectivity index (χ1v) is 31.6. The van der Waals surface area contributed by atoms with Gasteiger partial charge in [-0.25, -0.2) is 22.7 Å². The molecule has 87 heavy (non-hydrogen) atoms. The molecule has 4 N–H and O–H groups in total. The van der Waals surface area contributed by atoms with E-state index in [4.69, 9.17) is 20.4 Å². The number of aliphatic hydroxyl groups is 4. The van der Waals surface area contributed by atoms with E-state index in [2.05, 4.69) is 194 Å². The second-order valence-electron chi connectivity index (χ2n) is 17.9. The summed E-state index contributed by atoms with van der Waals surface area (Å²) >= 11 is 9.86. The van der Waals surface area contributed by atoms with E-state index >= 15 is 0 Å². The molecule has 14 aromatic rings. The van der Waals surface area contributed by atoms with E-state index in [1.165, 1.54) is 79.7 Å². The Morgan fingerprint density at radius 3 is 1.30 bits per heavy atom. The van der Waals surface area contributed by atoms with Crippen molar-refractivity contribution in [1.29, 1.82) is 0 Å². The average Bonchev–Trinajstić information content (AvgIpc) is 1.79. The van der Waals surface area contributed by atoms with E-state index in [1.807, 2.05) is 99.1 Å². The molecule has 4 aromatic carbocycles. The van der Waals surface area contributed by atoms with Gasteiger partial charge < -0.3 is 25.4 Å². The van der Waals surface area contributed by atoms with Crippen LogP contribution in [0, 0.1) is 18.2 Å². The van der Waals surface area contributed by atoms with Crippen LogP contribution >= 0.6 is 68.0 Å². The quantitative estimate of drug-likeness (QED) is 0.104. The summed E-state index contributed by atoms with van der Waals surface area (Å²) in [5, 5.41) is 74.0. The predicted octanol–water partition coefficient (Wildman–Crippen LogP) is 16.1. The molecule has 0 aliphatic heterocycles. The topological polar surface area (TPSA) is 210 Å². The Hall–Kier alpha value is -6.56. The molecule has 0 bridgehead atoms. The molecule has 14 nitrogen and oxygen atoms in total. The van der Waals surface area contributed by atoms with Crippen molar-refractivity contribution in [2.75, 3.05) is 27.9 Å². The van der Waals surface area contributed by atoms with Crippen LogP contribution in [0.3, 0.4) is 0 Å². The van der Waals surface area contributed by atoms with Gasteiger partial charge in [-0.3, -0.25) is 4.98 Å². The number of aliphatic hydroxyl groups excluding tert-OH is 4. The first kappa shape index (κ1) is 71.2. The van der Waals surface area contributed by atoms with Crippen molar-refractivity contribution >= 4 is 108 Å². The van der Waals surface area contributed by atoms with Crippen LogP contribution in [0.2, 0.25) is 0 Å². The van der Waals surface area contributed by atoms with Gasteiger partial charge in [0.2, 0.25) is 11.6 Å². The first-order valence-electron chi connectivity index (χ1n) is 26.5. The SMILES string of the molecule is CC(C)c1ccnc(-c2[c-]ccc3c2sc2ccccc23)c1.CC(C)c1ccnc(-c2cccc3c2sc2ccccc23)c1.CCO.CO.CO.CO.[Ir].[Ir].[c-]1ccsc1-c1nnc(-c2cccs2)nn1.[c-]1ccsc1-c1nnc(-c2cccs2)nn1. The third-order valence-electron chi connectivity index (χ3n) is 12.0. The normalized spacial score (nSPS) is 10.1. The van der Waals surface area contributed by atoms with Crippen LogP contribution in [-0.4, -0.2) is 99.1 Å². The van der Waals surface area contributed by atoms with Gasteiger partial charge in [0.15, 0.2) is 0 Å². The van der Waals surface area contributed by atoms with Crippen LogP contribution in [0.25, 0.3) is 106 Å². The number of hydrogen-bond donors (Lipinski definition) is 4. The Bertz CT molecular complexity index is 3800. The number of thiophene rings is 6. The van der Waals surface area contributed by atoms with E-state index in [-0.39, 0.29) is 46.8 Å². The number of rotatable bonds is 8. The van der Waals surface area contributed by atoms with Gasteiger partial charge in [0, 0.05) is 111 Å². The summed E-state index contributed by atoms with van der Waals surface area (Å²) in [6.45, 7) is 10.8. The van der Waals surface area contributed by atoms with Crippen LogP contribution in [0.4, 0.5) is 0 Å². The Kier molecular flexibility index (Phi) is 30.5. The number of hydrogen-bond acceptors (Lipinski definition) is 20. The molecule has 0 unspecified atom stereocenters. The summed E-state index contributed by atoms with van der Waals surface area (Å²) in [4.78, 5) is 12.9. The number of benzene rings is 4. The number of aromatic nitrogens is 10. The van der Waals surface area contributed by atoms with Crippen molar-refractivity contribution in [3.63, 3.8) is 0 Å². The van der Waals surface area contributed by atoms with Gasteiger partial charge in [-0.1, -0.05) is 121 Å². The Morgan fingerprint density at radius 1 is 0.425 bits per heavy atom. The van der Waals surface area contributed by atoms with Gasteiger partial charge in [-0.05, 0) is 93.3 Å². The van der Waals surface area contributed by atoms with Crippen LogP contribution in [0.5, 0.6) is 0 Å². The molecule has 0 spiro atoms. The fourth-order valence-electron chi connectivity index (χ4n) is 8.10. The van der Waals surface area contributed by atoms with E-state index in [0.29, 0.717) is 35.1 Å². The van der Waals surface area contributed by atoms with E-state index in [1.54, 1.807) is 29.6 Å². The minimum absolute atomic E-state index is 0. The van der Waals surface area contributed by atoms with Crippen LogP contribution in [0.15, 0.2) is 173 Å². The van der Waals surface area contributed by atoms with Gasteiger partial charge in [-0.2, -0.15) is 56.0 Å². The number of pyridine rings is 2. The molecule has 10 heterocycles. The van der Waals surface area contributed by atoms with E-state index < -0.39 is 0 Å². The molecule has 0 aliphatic rings. The maximum atomic E-state index is 7.57. The van der Waals surface area contributed by atoms with E-state index in [0.717, 1.165) is 57.8 Å². The summed E-state index contributed by atoms with van der Waals surface area (Å²) in [5.74, 6) is 3.20. The zero-order valence-corrected chi connectivity index (χ0v) is 58.2. The molecular formula is C65H61Ir2N10O4S6-3. The van der Waals surface area contributed by atoms with Crippen molar-refractivity contribution in [2.45, 2.75) is 46.5 Å². The average molecular weight is 1620 g/mol. The van der Waals surface area contributed by atoms with Gasteiger partial charge in [-0.15, -0.1) is 88.9 Å². The standard InChI is InChI=1S/C20H17NS.C20H16NS.2C10H5N4S2.C2H6O.3CH4O.2Ir/c2*1-13(2)14-10-11-21-18(12-14)17-8-5-7-16-15-6-3-4-9-19(15)22-20(16)17;2*1-3-7(15-5-1)9-11-13-10(14-12-9)8-4-2-6-16-8;1-2-3;3*1-2;;/h3-13H,1-2H3;3-7,9-13H,1-2H3;2*1-3,5-6H;3H,2H2,1H3;3*2H,1H3;;/q;3*-1;;;;;;. The molecule has 0 saturated heterocycles. The van der Waals surface area contributed by atoms with Crippen molar-refractivity contribution in [3.05, 3.63) is 203 Å². The molecule has 452 valence electrons. The molecule has 22 heteroatoms. The van der Waals surface area contributed by atoms with Crippen molar-refractivity contribution in [2.24, 2.45) is 0 Å². The predicted molar refractivity (Wildman–Crippen MR) is 355 cm³/mol. The van der Waals surface area contributed by atoms with Crippen molar-refractivity contribution in [3.8, 4) is 65.3 Å². The third kappa shape index (κ3) is 18.7. The van der Waals surface area contributed by atoms with Crippen molar-refractivity contribution < 1.29 is 60.6 Å². The zero-order chi connectivity index (χ0) is 60.5. The second kappa shape index (κ2) is 37.3. The second-order valence-corrected chi connectivity index (χ2v) is 23.7.